The zero-order valence-corrected chi connectivity index (χ0v) is 18.0. The second-order valence-corrected chi connectivity index (χ2v) is 8.52. The normalized spacial score (nSPS) is 24.9. The number of Topliss-reactive ketones (excluding diaryl/α,β-unsaturated/α-hetero) is 1. The molecule has 6 nitrogen and oxygen atoms in total. The molecule has 2 aromatic rings. The number of carbonyl (C=O) groups is 1. The van der Waals surface area contributed by atoms with Crippen molar-refractivity contribution in [3.8, 4) is 5.75 Å². The number of rotatable bonds is 4. The van der Waals surface area contributed by atoms with Gasteiger partial charge in [-0.15, -0.1) is 0 Å². The Hall–Kier alpha value is -2.60. The van der Waals surface area contributed by atoms with Gasteiger partial charge in [-0.05, 0) is 33.8 Å². The largest absolute Gasteiger partial charge is 0.495 e. The van der Waals surface area contributed by atoms with Crippen molar-refractivity contribution in [3.63, 3.8) is 0 Å². The minimum Gasteiger partial charge on any atom is -0.495 e. The molecule has 6 heteroatoms. The van der Waals surface area contributed by atoms with E-state index in [-0.39, 0.29) is 11.7 Å². The maximum atomic E-state index is 13.7. The average molecular weight is 397 g/mol. The fourth-order valence-corrected chi connectivity index (χ4v) is 4.28. The Kier molecular flexibility index (Phi) is 4.39. The summed E-state index contributed by atoms with van der Waals surface area (Å²) in [4.78, 5) is 18.5. The number of pyridine rings is 1. The number of hydrogen-bond acceptors (Lipinski definition) is 6. The maximum Gasteiger partial charge on any atom is 0.229 e. The Bertz CT molecular complexity index is 1070. The predicted octanol–water partition coefficient (Wildman–Crippen LogP) is 4.93. The molecule has 0 bridgehead atoms. The van der Waals surface area contributed by atoms with Gasteiger partial charge in [-0.1, -0.05) is 18.6 Å². The van der Waals surface area contributed by atoms with Crippen molar-refractivity contribution in [1.29, 1.82) is 0 Å². The SMILES string of the molecule is COc1c2c(nc3occc13)[C@@](CC=C(C)C)(OC)C1=C(C2=O)[C@H](C)C(C)(C)O1. The van der Waals surface area contributed by atoms with Gasteiger partial charge in [-0.25, -0.2) is 4.98 Å². The zero-order valence-electron chi connectivity index (χ0n) is 18.0. The standard InChI is InChI=1S/C23H27NO5/c1-12(2)8-10-23(27-7)19-16(18(26-6)14-9-11-28-21(14)24-19)17(25)15-13(3)22(4,5)29-20(15)23/h8-9,11,13H,10H2,1-7H3/t13-,23+/m0/s1. The third-order valence-electron chi connectivity index (χ3n) is 6.22. The van der Waals surface area contributed by atoms with Crippen LogP contribution in [0.2, 0.25) is 0 Å². The Morgan fingerprint density at radius 2 is 2.03 bits per heavy atom. The van der Waals surface area contributed by atoms with Crippen molar-refractivity contribution in [2.45, 2.75) is 52.2 Å². The van der Waals surface area contributed by atoms with Crippen molar-refractivity contribution in [2.75, 3.05) is 14.2 Å². The Morgan fingerprint density at radius 1 is 1.31 bits per heavy atom. The molecule has 0 N–H and O–H groups in total. The highest BCUT2D eigenvalue weighted by Gasteiger charge is 2.57. The highest BCUT2D eigenvalue weighted by Crippen LogP contribution is 2.55. The Balaban J connectivity index is 2.11. The molecule has 0 aromatic carbocycles. The van der Waals surface area contributed by atoms with E-state index in [0.29, 0.717) is 45.9 Å². The summed E-state index contributed by atoms with van der Waals surface area (Å²) in [5, 5.41) is 0.668. The highest BCUT2D eigenvalue weighted by molar-refractivity contribution is 6.16. The van der Waals surface area contributed by atoms with Gasteiger partial charge in [0, 0.05) is 25.0 Å². The van der Waals surface area contributed by atoms with E-state index in [9.17, 15) is 4.79 Å². The zero-order chi connectivity index (χ0) is 21.1. The summed E-state index contributed by atoms with van der Waals surface area (Å²) in [6.45, 7) is 10.1. The van der Waals surface area contributed by atoms with Crippen LogP contribution < -0.4 is 4.74 Å². The molecule has 0 unspecified atom stereocenters. The van der Waals surface area contributed by atoms with Crippen LogP contribution in [0.15, 0.2) is 39.7 Å². The summed E-state index contributed by atoms with van der Waals surface area (Å²) in [6.07, 6.45) is 4.10. The van der Waals surface area contributed by atoms with Crippen LogP contribution in [-0.4, -0.2) is 30.6 Å². The first-order valence-corrected chi connectivity index (χ1v) is 9.80. The molecule has 3 heterocycles. The van der Waals surface area contributed by atoms with Crippen LogP contribution in [0.5, 0.6) is 5.75 Å². The van der Waals surface area contributed by atoms with E-state index >= 15 is 0 Å². The highest BCUT2D eigenvalue weighted by atomic mass is 16.6. The van der Waals surface area contributed by atoms with Crippen LogP contribution in [-0.2, 0) is 15.1 Å². The lowest BCUT2D eigenvalue weighted by Gasteiger charge is -2.37. The van der Waals surface area contributed by atoms with E-state index in [4.69, 9.17) is 23.6 Å². The predicted molar refractivity (Wildman–Crippen MR) is 109 cm³/mol. The topological polar surface area (TPSA) is 70.8 Å². The number of nitrogens with zero attached hydrogens (tertiary/aromatic N) is 1. The summed E-state index contributed by atoms with van der Waals surface area (Å²) in [5.74, 6) is 0.785. The lowest BCUT2D eigenvalue weighted by molar-refractivity contribution is -0.0674. The van der Waals surface area contributed by atoms with Crippen LogP contribution in [0.3, 0.4) is 0 Å². The average Bonchev–Trinajstić information content (AvgIpc) is 3.23. The molecule has 0 saturated carbocycles. The van der Waals surface area contributed by atoms with Crippen molar-refractivity contribution < 1.29 is 23.4 Å². The Morgan fingerprint density at radius 3 is 2.66 bits per heavy atom. The quantitative estimate of drug-likeness (QED) is 0.681. The number of ketones is 1. The van der Waals surface area contributed by atoms with Crippen molar-refractivity contribution in [1.82, 2.24) is 4.98 Å². The first-order valence-electron chi connectivity index (χ1n) is 9.80. The van der Waals surface area contributed by atoms with Crippen LogP contribution >= 0.6 is 0 Å². The third kappa shape index (κ3) is 2.58. The first kappa shape index (κ1) is 19.7. The molecule has 0 amide bonds. The fraction of sp³-hybridized carbons (Fsp3) is 0.478. The number of fused-ring (bicyclic) bond motifs is 2. The first-order chi connectivity index (χ1) is 13.7. The van der Waals surface area contributed by atoms with Gasteiger partial charge >= 0.3 is 0 Å². The molecule has 0 saturated heterocycles. The summed E-state index contributed by atoms with van der Waals surface area (Å²) >= 11 is 0. The van der Waals surface area contributed by atoms with Crippen LogP contribution in [0, 0.1) is 5.92 Å². The molecule has 1 aliphatic carbocycles. The molecule has 0 radical (unpaired) electrons. The second-order valence-electron chi connectivity index (χ2n) is 8.52. The second kappa shape index (κ2) is 6.46. The number of allylic oxidation sites excluding steroid dienone is 1. The summed E-state index contributed by atoms with van der Waals surface area (Å²) in [6, 6.07) is 1.77. The molecule has 2 aromatic heterocycles. The third-order valence-corrected chi connectivity index (χ3v) is 6.22. The summed E-state index contributed by atoms with van der Waals surface area (Å²) in [5.41, 5.74) is 1.51. The molecule has 2 atom stereocenters. The van der Waals surface area contributed by atoms with Gasteiger partial charge in [0.15, 0.2) is 11.4 Å². The van der Waals surface area contributed by atoms with E-state index in [0.717, 1.165) is 5.57 Å². The molecule has 1 aliphatic heterocycles. The van der Waals surface area contributed by atoms with Gasteiger partial charge in [0.25, 0.3) is 0 Å². The molecule has 0 spiro atoms. The number of ether oxygens (including phenoxy) is 3. The fourth-order valence-electron chi connectivity index (χ4n) is 4.28. The van der Waals surface area contributed by atoms with Crippen molar-refractivity contribution >= 4 is 16.9 Å². The van der Waals surface area contributed by atoms with Gasteiger partial charge in [-0.3, -0.25) is 4.79 Å². The smallest absolute Gasteiger partial charge is 0.229 e. The number of methoxy groups -OCH3 is 2. The molecule has 154 valence electrons. The number of hydrogen-bond donors (Lipinski definition) is 0. The summed E-state index contributed by atoms with van der Waals surface area (Å²) in [7, 11) is 3.19. The van der Waals surface area contributed by atoms with Crippen LogP contribution in [0.1, 0.15) is 57.1 Å². The minimum atomic E-state index is -1.04. The van der Waals surface area contributed by atoms with E-state index in [1.807, 2.05) is 34.6 Å². The molecule has 29 heavy (non-hydrogen) atoms. The lowest BCUT2D eigenvalue weighted by Crippen LogP contribution is -2.39. The van der Waals surface area contributed by atoms with Gasteiger partial charge < -0.3 is 18.6 Å². The van der Waals surface area contributed by atoms with Crippen LogP contribution in [0.25, 0.3) is 11.1 Å². The summed E-state index contributed by atoms with van der Waals surface area (Å²) < 4.78 is 23.8. The van der Waals surface area contributed by atoms with E-state index in [1.165, 1.54) is 0 Å². The number of carbonyl (C=O) groups excluding carboxylic acids is 1. The van der Waals surface area contributed by atoms with E-state index in [1.54, 1.807) is 26.5 Å². The van der Waals surface area contributed by atoms with Crippen molar-refractivity contribution in [2.24, 2.45) is 5.92 Å². The monoisotopic (exact) mass is 397 g/mol. The molecule has 4 rings (SSSR count). The van der Waals surface area contributed by atoms with E-state index in [2.05, 4.69) is 6.08 Å². The van der Waals surface area contributed by atoms with Gasteiger partial charge in [-0.2, -0.15) is 0 Å². The molecular weight excluding hydrogens is 370 g/mol. The lowest BCUT2D eigenvalue weighted by atomic mass is 9.74. The van der Waals surface area contributed by atoms with Gasteiger partial charge in [0.05, 0.1) is 30.0 Å². The van der Waals surface area contributed by atoms with Gasteiger partial charge in [0.1, 0.15) is 17.1 Å². The number of furan rings is 1. The van der Waals surface area contributed by atoms with Gasteiger partial charge in [0.2, 0.25) is 5.71 Å². The molecular formula is C23H27NO5. The maximum absolute atomic E-state index is 13.7. The minimum absolute atomic E-state index is 0.107. The molecule has 0 fully saturated rings. The van der Waals surface area contributed by atoms with E-state index < -0.39 is 11.2 Å². The molecule has 2 aliphatic rings. The Labute approximate surface area is 170 Å². The van der Waals surface area contributed by atoms with Crippen LogP contribution in [0.4, 0.5) is 0 Å². The number of aromatic nitrogens is 1. The van der Waals surface area contributed by atoms with Crippen molar-refractivity contribution in [3.05, 3.63) is 46.6 Å².